The molecule has 18 heavy (non-hydrogen) atoms. The fourth-order valence-electron chi connectivity index (χ4n) is 1.38. The van der Waals surface area contributed by atoms with Gasteiger partial charge in [0.15, 0.2) is 0 Å². The average Bonchev–Trinajstić information content (AvgIpc) is 2.28. The Hall–Kier alpha value is -0.680. The van der Waals surface area contributed by atoms with E-state index in [0.717, 1.165) is 25.0 Å². The lowest BCUT2D eigenvalue weighted by atomic mass is 10.2. The molecule has 0 aliphatic rings. The van der Waals surface area contributed by atoms with Crippen LogP contribution in [0.4, 0.5) is 8.78 Å². The summed E-state index contributed by atoms with van der Waals surface area (Å²) in [6, 6.07) is 1.60. The van der Waals surface area contributed by atoms with E-state index < -0.39 is 17.5 Å². The molecule has 2 nitrogen and oxygen atoms in total. The highest BCUT2D eigenvalue weighted by Crippen LogP contribution is 2.19. The van der Waals surface area contributed by atoms with Gasteiger partial charge in [-0.05, 0) is 25.0 Å². The van der Waals surface area contributed by atoms with Gasteiger partial charge in [-0.15, -0.1) is 0 Å². The van der Waals surface area contributed by atoms with Crippen LogP contribution in [0.25, 0.3) is 0 Å². The van der Waals surface area contributed by atoms with E-state index >= 15 is 0 Å². The number of rotatable bonds is 5. The highest BCUT2D eigenvalue weighted by Gasteiger charge is 2.14. The van der Waals surface area contributed by atoms with Crippen LogP contribution in [0.3, 0.4) is 0 Å². The molecular formula is C12H13BrClF2NO. The van der Waals surface area contributed by atoms with E-state index in [-0.39, 0.29) is 10.6 Å². The average molecular weight is 341 g/mol. The van der Waals surface area contributed by atoms with E-state index in [1.54, 1.807) is 0 Å². The van der Waals surface area contributed by atoms with Gasteiger partial charge in [0.25, 0.3) is 5.91 Å². The number of benzene rings is 1. The summed E-state index contributed by atoms with van der Waals surface area (Å²) >= 11 is 8.78. The minimum absolute atomic E-state index is 0.330. The zero-order valence-electron chi connectivity index (χ0n) is 9.77. The largest absolute Gasteiger partial charge is 0.352 e. The van der Waals surface area contributed by atoms with Crippen LogP contribution in [0, 0.1) is 11.6 Å². The van der Waals surface area contributed by atoms with Gasteiger partial charge in [-0.2, -0.15) is 0 Å². The number of carbonyl (C=O) groups excluding carboxylic acids is 1. The van der Waals surface area contributed by atoms with Gasteiger partial charge in [-0.1, -0.05) is 34.5 Å². The van der Waals surface area contributed by atoms with Crippen molar-refractivity contribution in [3.8, 4) is 0 Å². The summed E-state index contributed by atoms with van der Waals surface area (Å²) < 4.78 is 26.5. The van der Waals surface area contributed by atoms with E-state index in [1.165, 1.54) is 0 Å². The second kappa shape index (κ2) is 7.04. The predicted molar refractivity (Wildman–Crippen MR) is 71.3 cm³/mol. The van der Waals surface area contributed by atoms with Crippen LogP contribution in [-0.4, -0.2) is 17.3 Å². The molecule has 1 aromatic carbocycles. The van der Waals surface area contributed by atoms with Crippen LogP contribution in [0.15, 0.2) is 12.1 Å². The molecule has 6 heteroatoms. The van der Waals surface area contributed by atoms with E-state index in [0.29, 0.717) is 11.4 Å². The Morgan fingerprint density at radius 2 is 2.11 bits per heavy atom. The van der Waals surface area contributed by atoms with Crippen LogP contribution < -0.4 is 5.32 Å². The number of nitrogens with one attached hydrogen (secondary N) is 1. The van der Waals surface area contributed by atoms with Gasteiger partial charge in [-0.3, -0.25) is 4.79 Å². The van der Waals surface area contributed by atoms with Crippen molar-refractivity contribution in [2.24, 2.45) is 0 Å². The van der Waals surface area contributed by atoms with Gasteiger partial charge in [0.1, 0.15) is 11.6 Å². The molecule has 1 aromatic rings. The minimum atomic E-state index is -0.826. The van der Waals surface area contributed by atoms with Gasteiger partial charge in [0, 0.05) is 11.4 Å². The number of halogens is 4. The lowest BCUT2D eigenvalue weighted by Gasteiger charge is -2.07. The van der Waals surface area contributed by atoms with Crippen LogP contribution >= 0.6 is 27.5 Å². The zero-order chi connectivity index (χ0) is 13.7. The topological polar surface area (TPSA) is 29.1 Å². The first-order valence-corrected chi connectivity index (χ1v) is 6.78. The number of carbonyl (C=O) groups is 1. The summed E-state index contributed by atoms with van der Waals surface area (Å²) in [5.41, 5.74) is -0.330. The third kappa shape index (κ3) is 4.53. The normalized spacial score (nSPS) is 12.3. The van der Waals surface area contributed by atoms with Crippen molar-refractivity contribution in [3.63, 3.8) is 0 Å². The third-order valence-electron chi connectivity index (χ3n) is 2.32. The molecule has 1 amide bonds. The van der Waals surface area contributed by atoms with Crippen molar-refractivity contribution in [1.29, 1.82) is 0 Å². The van der Waals surface area contributed by atoms with Crippen molar-refractivity contribution in [3.05, 3.63) is 34.4 Å². The molecule has 0 radical (unpaired) electrons. The van der Waals surface area contributed by atoms with Gasteiger partial charge in [-0.25, -0.2) is 8.78 Å². The molecule has 0 aliphatic carbocycles. The molecule has 1 unspecified atom stereocenters. The Kier molecular flexibility index (Phi) is 6.02. The monoisotopic (exact) mass is 339 g/mol. The lowest BCUT2D eigenvalue weighted by molar-refractivity contribution is 0.0948. The van der Waals surface area contributed by atoms with Gasteiger partial charge in [0.05, 0.1) is 10.6 Å². The number of amides is 1. The molecule has 0 saturated carbocycles. The molecule has 0 aromatic heterocycles. The number of hydrogen-bond donors (Lipinski definition) is 1. The SMILES string of the molecule is CC(Br)CCCNC(=O)c1cc(F)c(Cl)cc1F. The first-order chi connectivity index (χ1) is 8.41. The second-order valence-corrected chi connectivity index (χ2v) is 5.90. The van der Waals surface area contributed by atoms with Gasteiger partial charge >= 0.3 is 0 Å². The van der Waals surface area contributed by atoms with Crippen LogP contribution in [0.1, 0.15) is 30.1 Å². The van der Waals surface area contributed by atoms with Crippen LogP contribution in [0.2, 0.25) is 5.02 Å². The summed E-state index contributed by atoms with van der Waals surface area (Å²) in [5, 5.41) is 2.20. The summed E-state index contributed by atoms with van der Waals surface area (Å²) in [6.45, 7) is 2.41. The third-order valence-corrected chi connectivity index (χ3v) is 3.07. The lowest BCUT2D eigenvalue weighted by Crippen LogP contribution is -2.25. The Morgan fingerprint density at radius 1 is 1.44 bits per heavy atom. The molecule has 0 bridgehead atoms. The molecule has 0 fully saturated rings. The van der Waals surface area contributed by atoms with Crippen LogP contribution in [-0.2, 0) is 0 Å². The standard InChI is InChI=1S/C12H13BrClF2NO/c1-7(13)3-2-4-17-12(18)8-5-11(16)9(14)6-10(8)15/h5-7H,2-4H2,1H3,(H,17,18). The predicted octanol–water partition coefficient (Wildman–Crippen LogP) is 3.91. The fraction of sp³-hybridized carbons (Fsp3) is 0.417. The summed E-state index contributed by atoms with van der Waals surface area (Å²) in [7, 11) is 0. The van der Waals surface area contributed by atoms with Crippen molar-refractivity contribution < 1.29 is 13.6 Å². The molecule has 1 N–H and O–H groups in total. The first-order valence-electron chi connectivity index (χ1n) is 5.48. The molecule has 0 spiro atoms. The zero-order valence-corrected chi connectivity index (χ0v) is 12.1. The molecule has 0 aliphatic heterocycles. The molecule has 100 valence electrons. The van der Waals surface area contributed by atoms with E-state index in [2.05, 4.69) is 21.2 Å². The second-order valence-electron chi connectivity index (χ2n) is 3.93. The Morgan fingerprint density at radius 3 is 2.72 bits per heavy atom. The van der Waals surface area contributed by atoms with Crippen molar-refractivity contribution in [1.82, 2.24) is 5.32 Å². The van der Waals surface area contributed by atoms with Gasteiger partial charge in [0.2, 0.25) is 0 Å². The highest BCUT2D eigenvalue weighted by molar-refractivity contribution is 9.09. The Bertz CT molecular complexity index is 440. The Balaban J connectivity index is 2.59. The maximum atomic E-state index is 13.4. The van der Waals surface area contributed by atoms with Crippen molar-refractivity contribution in [2.75, 3.05) is 6.54 Å². The van der Waals surface area contributed by atoms with Crippen molar-refractivity contribution >= 4 is 33.4 Å². The van der Waals surface area contributed by atoms with E-state index in [4.69, 9.17) is 11.6 Å². The van der Waals surface area contributed by atoms with E-state index in [1.807, 2.05) is 6.92 Å². The smallest absolute Gasteiger partial charge is 0.254 e. The summed E-state index contributed by atoms with van der Waals surface area (Å²) in [6.07, 6.45) is 1.65. The summed E-state index contributed by atoms with van der Waals surface area (Å²) in [5.74, 6) is -2.27. The quantitative estimate of drug-likeness (QED) is 0.491. The molecule has 0 saturated heterocycles. The molecule has 1 atom stereocenters. The highest BCUT2D eigenvalue weighted by atomic mass is 79.9. The molecular weight excluding hydrogens is 327 g/mol. The van der Waals surface area contributed by atoms with E-state index in [9.17, 15) is 13.6 Å². The number of hydrogen-bond acceptors (Lipinski definition) is 1. The van der Waals surface area contributed by atoms with Crippen molar-refractivity contribution in [2.45, 2.75) is 24.6 Å². The molecule has 0 heterocycles. The maximum Gasteiger partial charge on any atom is 0.254 e. The Labute approximate surface area is 118 Å². The molecule has 1 rings (SSSR count). The van der Waals surface area contributed by atoms with Gasteiger partial charge < -0.3 is 5.32 Å². The van der Waals surface area contributed by atoms with Crippen LogP contribution in [0.5, 0.6) is 0 Å². The summed E-state index contributed by atoms with van der Waals surface area (Å²) in [4.78, 5) is 12.0. The maximum absolute atomic E-state index is 13.4. The number of alkyl halides is 1. The fourth-order valence-corrected chi connectivity index (χ4v) is 1.85. The first kappa shape index (κ1) is 15.4. The minimum Gasteiger partial charge on any atom is -0.352 e.